The van der Waals surface area contributed by atoms with Gasteiger partial charge in [0, 0.05) is 6.04 Å². The highest BCUT2D eigenvalue weighted by molar-refractivity contribution is 7.05. The molecule has 3 nitrogen and oxygen atoms in total. The molecule has 0 aliphatic carbocycles. The summed E-state index contributed by atoms with van der Waals surface area (Å²) in [6, 6.07) is 6.94. The van der Waals surface area contributed by atoms with Crippen molar-refractivity contribution in [3.63, 3.8) is 0 Å². The molecule has 0 amide bonds. The predicted octanol–water partition coefficient (Wildman–Crippen LogP) is 2.74. The van der Waals surface area contributed by atoms with Crippen LogP contribution in [0.3, 0.4) is 0 Å². The van der Waals surface area contributed by atoms with E-state index in [9.17, 15) is 4.39 Å². The normalized spacial score (nSPS) is 12.6. The number of likely N-dealkylation sites (N-methyl/N-ethyl adjacent to an activating group) is 1. The summed E-state index contributed by atoms with van der Waals surface area (Å²) < 4.78 is 17.6. The minimum Gasteiger partial charge on any atom is -0.312 e. The zero-order valence-corrected chi connectivity index (χ0v) is 11.3. The second kappa shape index (κ2) is 6.02. The van der Waals surface area contributed by atoms with Gasteiger partial charge in [-0.1, -0.05) is 29.6 Å². The van der Waals surface area contributed by atoms with Gasteiger partial charge in [0.15, 0.2) is 0 Å². The maximum atomic E-state index is 13.7. The Morgan fingerprint density at radius 3 is 2.83 bits per heavy atom. The highest BCUT2D eigenvalue weighted by Gasteiger charge is 2.18. The maximum absolute atomic E-state index is 13.7. The zero-order chi connectivity index (χ0) is 13.0. The fourth-order valence-corrected chi connectivity index (χ4v) is 2.78. The number of hydrogen-bond acceptors (Lipinski definition) is 4. The van der Waals surface area contributed by atoms with Crippen LogP contribution in [0.4, 0.5) is 4.39 Å². The van der Waals surface area contributed by atoms with E-state index in [-0.39, 0.29) is 11.9 Å². The van der Waals surface area contributed by atoms with Crippen molar-refractivity contribution in [3.8, 4) is 0 Å². The van der Waals surface area contributed by atoms with Crippen molar-refractivity contribution in [2.75, 3.05) is 7.05 Å². The Kier molecular flexibility index (Phi) is 4.38. The Labute approximate surface area is 110 Å². The summed E-state index contributed by atoms with van der Waals surface area (Å²) >= 11 is 1.39. The first-order chi connectivity index (χ1) is 8.76. The van der Waals surface area contributed by atoms with E-state index >= 15 is 0 Å². The summed E-state index contributed by atoms with van der Waals surface area (Å²) in [5.74, 6) is -0.159. The van der Waals surface area contributed by atoms with E-state index in [1.54, 1.807) is 6.07 Å². The molecule has 96 valence electrons. The van der Waals surface area contributed by atoms with E-state index in [2.05, 4.69) is 21.8 Å². The molecular formula is C13H16FN3S. The smallest absolute Gasteiger partial charge is 0.126 e. The standard InChI is InChI=1S/C13H16FN3S/c1-3-11-13(18-17-16-11)12(15-2)8-9-6-4-5-7-10(9)14/h4-7,12,15H,3,8H2,1-2H3. The van der Waals surface area contributed by atoms with Crippen LogP contribution in [0.5, 0.6) is 0 Å². The molecule has 0 radical (unpaired) electrons. The second-order valence-electron chi connectivity index (χ2n) is 4.07. The summed E-state index contributed by atoms with van der Waals surface area (Å²) in [4.78, 5) is 1.10. The second-order valence-corrected chi connectivity index (χ2v) is 4.86. The van der Waals surface area contributed by atoms with Crippen molar-refractivity contribution in [1.29, 1.82) is 0 Å². The van der Waals surface area contributed by atoms with Crippen LogP contribution in [-0.4, -0.2) is 16.6 Å². The number of aromatic nitrogens is 2. The van der Waals surface area contributed by atoms with Gasteiger partial charge < -0.3 is 5.32 Å². The molecule has 1 N–H and O–H groups in total. The molecule has 0 fully saturated rings. The van der Waals surface area contributed by atoms with E-state index in [1.807, 2.05) is 19.2 Å². The van der Waals surface area contributed by atoms with E-state index in [0.717, 1.165) is 17.0 Å². The average molecular weight is 265 g/mol. The summed E-state index contributed by atoms with van der Waals surface area (Å²) in [7, 11) is 1.88. The molecule has 0 aliphatic heterocycles. The average Bonchev–Trinajstić information content (AvgIpc) is 2.86. The maximum Gasteiger partial charge on any atom is 0.126 e. The van der Waals surface area contributed by atoms with Gasteiger partial charge in [0.1, 0.15) is 5.82 Å². The van der Waals surface area contributed by atoms with Gasteiger partial charge in [-0.25, -0.2) is 4.39 Å². The first kappa shape index (κ1) is 13.1. The summed E-state index contributed by atoms with van der Waals surface area (Å²) in [6.45, 7) is 2.05. The number of nitrogens with zero attached hydrogens (tertiary/aromatic N) is 2. The molecule has 1 heterocycles. The zero-order valence-electron chi connectivity index (χ0n) is 10.5. The van der Waals surface area contributed by atoms with Gasteiger partial charge in [-0.2, -0.15) is 0 Å². The van der Waals surface area contributed by atoms with E-state index in [0.29, 0.717) is 12.0 Å². The van der Waals surface area contributed by atoms with Crippen LogP contribution >= 0.6 is 11.5 Å². The van der Waals surface area contributed by atoms with Gasteiger partial charge in [-0.15, -0.1) is 5.10 Å². The molecule has 1 unspecified atom stereocenters. The third-order valence-electron chi connectivity index (χ3n) is 2.97. The van der Waals surface area contributed by atoms with Crippen molar-refractivity contribution in [1.82, 2.24) is 14.9 Å². The number of benzene rings is 1. The van der Waals surface area contributed by atoms with Crippen molar-refractivity contribution in [3.05, 3.63) is 46.2 Å². The van der Waals surface area contributed by atoms with Crippen LogP contribution in [0.25, 0.3) is 0 Å². The predicted molar refractivity (Wildman–Crippen MR) is 71.2 cm³/mol. The lowest BCUT2D eigenvalue weighted by Gasteiger charge is -2.15. The molecule has 0 aliphatic rings. The van der Waals surface area contributed by atoms with Crippen LogP contribution in [-0.2, 0) is 12.8 Å². The van der Waals surface area contributed by atoms with Gasteiger partial charge in [-0.3, -0.25) is 0 Å². The van der Waals surface area contributed by atoms with Crippen LogP contribution in [0.15, 0.2) is 24.3 Å². The highest BCUT2D eigenvalue weighted by Crippen LogP contribution is 2.25. The lowest BCUT2D eigenvalue weighted by Crippen LogP contribution is -2.19. The molecule has 1 aromatic heterocycles. The van der Waals surface area contributed by atoms with Gasteiger partial charge in [0.05, 0.1) is 10.6 Å². The number of hydrogen-bond donors (Lipinski definition) is 1. The summed E-state index contributed by atoms with van der Waals surface area (Å²) in [5.41, 5.74) is 1.71. The summed E-state index contributed by atoms with van der Waals surface area (Å²) in [6.07, 6.45) is 1.46. The lowest BCUT2D eigenvalue weighted by atomic mass is 10.0. The molecule has 0 saturated carbocycles. The molecule has 0 bridgehead atoms. The minimum absolute atomic E-state index is 0.0665. The number of rotatable bonds is 5. The van der Waals surface area contributed by atoms with Gasteiger partial charge >= 0.3 is 0 Å². The minimum atomic E-state index is -0.159. The largest absolute Gasteiger partial charge is 0.312 e. The Morgan fingerprint density at radius 2 is 2.17 bits per heavy atom. The molecule has 0 spiro atoms. The molecule has 1 aromatic carbocycles. The molecule has 18 heavy (non-hydrogen) atoms. The fourth-order valence-electron chi connectivity index (χ4n) is 1.94. The van der Waals surface area contributed by atoms with Crippen molar-refractivity contribution >= 4 is 11.5 Å². The van der Waals surface area contributed by atoms with E-state index in [1.165, 1.54) is 17.6 Å². The topological polar surface area (TPSA) is 37.8 Å². The molecule has 0 saturated heterocycles. The molecule has 1 atom stereocenters. The molecular weight excluding hydrogens is 249 g/mol. The van der Waals surface area contributed by atoms with Gasteiger partial charge in [-0.05, 0) is 43.1 Å². The SMILES string of the molecule is CCc1nnsc1C(Cc1ccccc1F)NC. The first-order valence-electron chi connectivity index (χ1n) is 5.98. The summed E-state index contributed by atoms with van der Waals surface area (Å²) in [5, 5.41) is 7.32. The Hall–Kier alpha value is -1.33. The van der Waals surface area contributed by atoms with E-state index < -0.39 is 0 Å². The molecule has 2 rings (SSSR count). The van der Waals surface area contributed by atoms with Crippen LogP contribution in [0, 0.1) is 5.82 Å². The third kappa shape index (κ3) is 2.73. The Balaban J connectivity index is 2.23. The number of aryl methyl sites for hydroxylation is 1. The van der Waals surface area contributed by atoms with Crippen molar-refractivity contribution < 1.29 is 4.39 Å². The highest BCUT2D eigenvalue weighted by atomic mass is 32.1. The fraction of sp³-hybridized carbons (Fsp3) is 0.385. The van der Waals surface area contributed by atoms with Gasteiger partial charge in [0.25, 0.3) is 0 Å². The lowest BCUT2D eigenvalue weighted by molar-refractivity contribution is 0.556. The van der Waals surface area contributed by atoms with Crippen molar-refractivity contribution in [2.45, 2.75) is 25.8 Å². The monoisotopic (exact) mass is 265 g/mol. The van der Waals surface area contributed by atoms with Crippen molar-refractivity contribution in [2.24, 2.45) is 0 Å². The Morgan fingerprint density at radius 1 is 1.39 bits per heavy atom. The third-order valence-corrected chi connectivity index (χ3v) is 3.85. The van der Waals surface area contributed by atoms with Crippen LogP contribution in [0.2, 0.25) is 0 Å². The molecule has 5 heteroatoms. The molecule has 2 aromatic rings. The van der Waals surface area contributed by atoms with Gasteiger partial charge in [0.2, 0.25) is 0 Å². The number of nitrogens with one attached hydrogen (secondary N) is 1. The quantitative estimate of drug-likeness (QED) is 0.903. The Bertz CT molecular complexity index is 512. The van der Waals surface area contributed by atoms with Crippen LogP contribution in [0.1, 0.15) is 29.1 Å². The first-order valence-corrected chi connectivity index (χ1v) is 6.75. The van der Waals surface area contributed by atoms with E-state index in [4.69, 9.17) is 0 Å². The van der Waals surface area contributed by atoms with Crippen LogP contribution < -0.4 is 5.32 Å². The number of halogens is 1.